The zero-order chi connectivity index (χ0) is 23.4. The van der Waals surface area contributed by atoms with E-state index >= 15 is 0 Å². The fraction of sp³-hybridized carbons (Fsp3) is 0.238. The third-order valence-electron chi connectivity index (χ3n) is 4.65. The Kier molecular flexibility index (Phi) is 6.74. The van der Waals surface area contributed by atoms with Gasteiger partial charge in [0.1, 0.15) is 12.4 Å². The number of rotatable bonds is 5. The van der Waals surface area contributed by atoms with Crippen LogP contribution in [0.25, 0.3) is 0 Å². The van der Waals surface area contributed by atoms with Crippen LogP contribution in [0, 0.1) is 11.3 Å². The highest BCUT2D eigenvalue weighted by Gasteiger charge is 2.49. The van der Waals surface area contributed by atoms with Crippen LogP contribution < -0.4 is 0 Å². The number of benzene rings is 2. The Hall–Kier alpha value is -3.52. The van der Waals surface area contributed by atoms with Crippen molar-refractivity contribution in [2.45, 2.75) is 24.6 Å². The Balaban J connectivity index is 1.84. The summed E-state index contributed by atoms with van der Waals surface area (Å²) in [6.45, 7) is -0.257. The molecule has 1 amide bonds. The molecule has 0 saturated heterocycles. The van der Waals surface area contributed by atoms with E-state index in [0.717, 1.165) is 11.6 Å². The standard InChI is InChI=1S/C21H17F3N2O5S/c22-21(23,24)32(28,29)31-18-10-11-26(20(27)30-14-16-4-2-1-3-5-16)19(12-18)17-8-6-15(13-25)7-9-17/h1-10,19H,11-12,14H2. The van der Waals surface area contributed by atoms with Gasteiger partial charge in [0.15, 0.2) is 0 Å². The number of carbonyl (C=O) groups excluding carboxylic acids is 1. The van der Waals surface area contributed by atoms with E-state index in [0.29, 0.717) is 11.1 Å². The van der Waals surface area contributed by atoms with E-state index < -0.39 is 33.5 Å². The minimum atomic E-state index is -5.84. The van der Waals surface area contributed by atoms with Gasteiger partial charge in [0, 0.05) is 13.0 Å². The lowest BCUT2D eigenvalue weighted by atomic mass is 9.97. The molecule has 1 aliphatic rings. The van der Waals surface area contributed by atoms with Crippen LogP contribution in [-0.4, -0.2) is 31.5 Å². The Bertz CT molecular complexity index is 1140. The van der Waals surface area contributed by atoms with Gasteiger partial charge in [-0.15, -0.1) is 0 Å². The predicted molar refractivity (Wildman–Crippen MR) is 106 cm³/mol. The summed E-state index contributed by atoms with van der Waals surface area (Å²) in [5.41, 5.74) is -4.03. The highest BCUT2D eigenvalue weighted by Crippen LogP contribution is 2.35. The number of amides is 1. The number of nitrogens with zero attached hydrogens (tertiary/aromatic N) is 2. The first kappa shape index (κ1) is 23.1. The van der Waals surface area contributed by atoms with Crippen molar-refractivity contribution in [2.24, 2.45) is 0 Å². The molecule has 1 unspecified atom stereocenters. The molecule has 0 radical (unpaired) electrons. The number of hydrogen-bond acceptors (Lipinski definition) is 6. The summed E-state index contributed by atoms with van der Waals surface area (Å²) in [5, 5.41) is 8.97. The molecule has 1 aliphatic heterocycles. The van der Waals surface area contributed by atoms with Gasteiger partial charge in [0.2, 0.25) is 0 Å². The summed E-state index contributed by atoms with van der Waals surface area (Å²) >= 11 is 0. The van der Waals surface area contributed by atoms with Crippen LogP contribution in [0.1, 0.15) is 29.2 Å². The largest absolute Gasteiger partial charge is 0.534 e. The second-order valence-electron chi connectivity index (χ2n) is 6.80. The predicted octanol–water partition coefficient (Wildman–Crippen LogP) is 4.39. The van der Waals surface area contributed by atoms with Crippen molar-refractivity contribution < 1.29 is 35.3 Å². The van der Waals surface area contributed by atoms with Crippen molar-refractivity contribution in [3.05, 3.63) is 83.1 Å². The molecular formula is C21H17F3N2O5S. The zero-order valence-corrected chi connectivity index (χ0v) is 17.3. The van der Waals surface area contributed by atoms with E-state index in [1.165, 1.54) is 29.2 Å². The quantitative estimate of drug-likeness (QED) is 0.479. The van der Waals surface area contributed by atoms with Gasteiger partial charge in [0.25, 0.3) is 0 Å². The van der Waals surface area contributed by atoms with Crippen LogP contribution in [-0.2, 0) is 25.6 Å². The van der Waals surface area contributed by atoms with Crippen molar-refractivity contribution in [3.63, 3.8) is 0 Å². The summed E-state index contributed by atoms with van der Waals surface area (Å²) < 4.78 is 70.5. The molecule has 0 saturated carbocycles. The van der Waals surface area contributed by atoms with Crippen LogP contribution in [0.3, 0.4) is 0 Å². The Morgan fingerprint density at radius 1 is 1.12 bits per heavy atom. The molecule has 3 rings (SSSR count). The molecule has 168 valence electrons. The van der Waals surface area contributed by atoms with Crippen molar-refractivity contribution >= 4 is 16.2 Å². The Morgan fingerprint density at radius 2 is 1.78 bits per heavy atom. The zero-order valence-electron chi connectivity index (χ0n) is 16.4. The molecule has 32 heavy (non-hydrogen) atoms. The van der Waals surface area contributed by atoms with E-state index in [4.69, 9.17) is 10.00 Å². The third kappa shape index (κ3) is 5.39. The molecule has 0 N–H and O–H groups in total. The Morgan fingerprint density at radius 3 is 2.38 bits per heavy atom. The van der Waals surface area contributed by atoms with Crippen LogP contribution in [0.2, 0.25) is 0 Å². The number of alkyl halides is 3. The normalized spacial score (nSPS) is 16.6. The van der Waals surface area contributed by atoms with E-state index in [9.17, 15) is 26.4 Å². The van der Waals surface area contributed by atoms with E-state index in [2.05, 4.69) is 4.18 Å². The lowest BCUT2D eigenvalue weighted by Crippen LogP contribution is -2.39. The fourth-order valence-corrected chi connectivity index (χ4v) is 3.56. The molecule has 1 atom stereocenters. The first-order valence-corrected chi connectivity index (χ1v) is 10.7. The van der Waals surface area contributed by atoms with Crippen molar-refractivity contribution in [2.75, 3.05) is 6.54 Å². The first-order valence-electron chi connectivity index (χ1n) is 9.28. The molecule has 7 nitrogen and oxygen atoms in total. The maximum absolute atomic E-state index is 12.7. The van der Waals surface area contributed by atoms with Gasteiger partial charge in [-0.1, -0.05) is 42.5 Å². The number of nitriles is 1. The minimum Gasteiger partial charge on any atom is -0.445 e. The number of hydrogen-bond donors (Lipinski definition) is 0. The second kappa shape index (κ2) is 9.32. The van der Waals surface area contributed by atoms with E-state index in [-0.39, 0.29) is 19.6 Å². The van der Waals surface area contributed by atoms with Crippen LogP contribution in [0.15, 0.2) is 66.4 Å². The highest BCUT2D eigenvalue weighted by molar-refractivity contribution is 7.87. The summed E-state index contributed by atoms with van der Waals surface area (Å²) in [5.74, 6) is -0.441. The third-order valence-corrected chi connectivity index (χ3v) is 5.65. The average molecular weight is 466 g/mol. The lowest BCUT2D eigenvalue weighted by molar-refractivity contribution is -0.0527. The van der Waals surface area contributed by atoms with E-state index in [1.54, 1.807) is 30.3 Å². The summed E-state index contributed by atoms with van der Waals surface area (Å²) in [6.07, 6.45) is 0.0201. The Labute approximate surface area is 182 Å². The first-order chi connectivity index (χ1) is 15.1. The molecule has 0 spiro atoms. The monoisotopic (exact) mass is 466 g/mol. The second-order valence-corrected chi connectivity index (χ2v) is 8.34. The molecule has 1 heterocycles. The van der Waals surface area contributed by atoms with Gasteiger partial charge in [-0.2, -0.15) is 26.9 Å². The SMILES string of the molecule is N#Cc1ccc(C2CC(OS(=O)(=O)C(F)(F)F)=CCN2C(=O)OCc2ccccc2)cc1. The van der Waals surface area contributed by atoms with Gasteiger partial charge in [0.05, 0.1) is 17.7 Å². The minimum absolute atomic E-state index is 0.0220. The molecule has 2 aromatic carbocycles. The van der Waals surface area contributed by atoms with Gasteiger partial charge < -0.3 is 8.92 Å². The molecule has 0 fully saturated rings. The van der Waals surface area contributed by atoms with Gasteiger partial charge >= 0.3 is 21.7 Å². The van der Waals surface area contributed by atoms with Crippen molar-refractivity contribution in [1.29, 1.82) is 5.26 Å². The summed E-state index contributed by atoms with van der Waals surface area (Å²) in [7, 11) is -5.84. The summed E-state index contributed by atoms with van der Waals surface area (Å²) in [4.78, 5) is 14.0. The molecule has 0 aromatic heterocycles. The lowest BCUT2D eigenvalue weighted by Gasteiger charge is -2.34. The molecule has 2 aromatic rings. The topological polar surface area (TPSA) is 96.7 Å². The van der Waals surface area contributed by atoms with Crippen molar-refractivity contribution in [1.82, 2.24) is 4.90 Å². The van der Waals surface area contributed by atoms with Crippen LogP contribution in [0.5, 0.6) is 0 Å². The van der Waals surface area contributed by atoms with Crippen LogP contribution in [0.4, 0.5) is 18.0 Å². The van der Waals surface area contributed by atoms with Crippen LogP contribution >= 0.6 is 0 Å². The van der Waals surface area contributed by atoms with E-state index in [1.807, 2.05) is 6.07 Å². The average Bonchev–Trinajstić information content (AvgIpc) is 2.77. The molecule has 11 heteroatoms. The highest BCUT2D eigenvalue weighted by atomic mass is 32.2. The molecule has 0 bridgehead atoms. The number of carbonyl (C=O) groups is 1. The van der Waals surface area contributed by atoms with Crippen molar-refractivity contribution in [3.8, 4) is 6.07 Å². The fourth-order valence-electron chi connectivity index (χ4n) is 3.05. The number of halogens is 3. The van der Waals surface area contributed by atoms with Gasteiger partial charge in [-0.05, 0) is 29.3 Å². The van der Waals surface area contributed by atoms with Gasteiger partial charge in [-0.3, -0.25) is 4.90 Å². The summed E-state index contributed by atoms with van der Waals surface area (Å²) in [6, 6.07) is 16.0. The van der Waals surface area contributed by atoms with Gasteiger partial charge in [-0.25, -0.2) is 4.79 Å². The molecular weight excluding hydrogens is 449 g/mol. The maximum atomic E-state index is 12.7. The molecule has 0 aliphatic carbocycles. The smallest absolute Gasteiger partial charge is 0.445 e. The number of ether oxygens (including phenoxy) is 1. The maximum Gasteiger partial charge on any atom is 0.534 e.